The third-order valence-corrected chi connectivity index (χ3v) is 9.95. The van der Waals surface area contributed by atoms with Gasteiger partial charge in [0.15, 0.2) is 9.84 Å². The Morgan fingerprint density at radius 1 is 1.03 bits per heavy atom. The van der Waals surface area contributed by atoms with Crippen LogP contribution in [0.25, 0.3) is 10.2 Å². The molecule has 1 amide bonds. The van der Waals surface area contributed by atoms with Gasteiger partial charge in [-0.05, 0) is 44.5 Å². The zero-order valence-corrected chi connectivity index (χ0v) is 19.4. The molecule has 0 spiro atoms. The maximum absolute atomic E-state index is 12.8. The lowest BCUT2D eigenvalue weighted by Crippen LogP contribution is -2.54. The Balaban J connectivity index is 1.08. The molecule has 9 heteroatoms. The normalized spacial score (nSPS) is 25.9. The summed E-state index contributed by atoms with van der Waals surface area (Å²) >= 11 is 1.80. The Morgan fingerprint density at radius 3 is 2.45 bits per heavy atom. The molecule has 0 aliphatic carbocycles. The first-order chi connectivity index (χ1) is 15.0. The lowest BCUT2D eigenvalue weighted by molar-refractivity contribution is -0.134. The van der Waals surface area contributed by atoms with E-state index >= 15 is 0 Å². The lowest BCUT2D eigenvalue weighted by Gasteiger charge is -2.39. The summed E-state index contributed by atoms with van der Waals surface area (Å²) in [6, 6.07) is 8.46. The van der Waals surface area contributed by atoms with E-state index in [0.29, 0.717) is 31.3 Å². The van der Waals surface area contributed by atoms with Crippen LogP contribution >= 0.6 is 11.3 Å². The quantitative estimate of drug-likeness (QED) is 0.690. The molecule has 2 aromatic rings. The van der Waals surface area contributed by atoms with E-state index in [4.69, 9.17) is 4.98 Å². The first-order valence-electron chi connectivity index (χ1n) is 11.3. The van der Waals surface area contributed by atoms with Crippen molar-refractivity contribution in [2.45, 2.75) is 31.2 Å². The molecule has 0 bridgehead atoms. The Kier molecular flexibility index (Phi) is 6.02. The number of carbonyl (C=O) groups excluding carboxylic acids is 1. The number of carbonyl (C=O) groups is 1. The predicted molar refractivity (Wildman–Crippen MR) is 123 cm³/mol. The van der Waals surface area contributed by atoms with E-state index in [2.05, 4.69) is 28.0 Å². The fraction of sp³-hybridized carbons (Fsp3) is 0.636. The molecule has 168 valence electrons. The molecule has 3 saturated heterocycles. The van der Waals surface area contributed by atoms with Gasteiger partial charge in [0.25, 0.3) is 0 Å². The smallest absolute Gasteiger partial charge is 0.236 e. The van der Waals surface area contributed by atoms with Crippen molar-refractivity contribution in [3.8, 4) is 0 Å². The van der Waals surface area contributed by atoms with Crippen molar-refractivity contribution >= 4 is 37.3 Å². The van der Waals surface area contributed by atoms with Crippen molar-refractivity contribution in [1.29, 1.82) is 0 Å². The van der Waals surface area contributed by atoms with Crippen LogP contribution in [0.4, 0.5) is 0 Å². The number of amides is 1. The summed E-state index contributed by atoms with van der Waals surface area (Å²) in [5.41, 5.74) is 1.09. The number of rotatable bonds is 4. The Morgan fingerprint density at radius 2 is 1.77 bits per heavy atom. The zero-order valence-electron chi connectivity index (χ0n) is 17.8. The molecule has 1 aromatic heterocycles. The van der Waals surface area contributed by atoms with Gasteiger partial charge in [-0.2, -0.15) is 0 Å². The standard InChI is InChI=1S/C22H30N4O3S2/c27-21(26-12-10-25(11-13-26)18-7-14-31(28,29)16-18)15-24-8-5-17(6-9-24)22-23-19-3-1-2-4-20(19)30-22/h1-4,17-18H,5-16H2/t18-/m0/s1. The highest BCUT2D eigenvalue weighted by molar-refractivity contribution is 7.91. The van der Waals surface area contributed by atoms with Gasteiger partial charge < -0.3 is 4.90 Å². The molecule has 7 nitrogen and oxygen atoms in total. The van der Waals surface area contributed by atoms with Crippen LogP contribution in [-0.4, -0.2) is 97.4 Å². The third-order valence-electron chi connectivity index (χ3n) is 7.00. The van der Waals surface area contributed by atoms with Crippen molar-refractivity contribution < 1.29 is 13.2 Å². The van der Waals surface area contributed by atoms with Crippen molar-refractivity contribution in [2.75, 3.05) is 57.3 Å². The van der Waals surface area contributed by atoms with Crippen LogP contribution in [-0.2, 0) is 14.6 Å². The predicted octanol–water partition coefficient (Wildman–Crippen LogP) is 1.81. The van der Waals surface area contributed by atoms with E-state index in [9.17, 15) is 13.2 Å². The number of hydrogen-bond donors (Lipinski definition) is 0. The highest BCUT2D eigenvalue weighted by Gasteiger charge is 2.34. The van der Waals surface area contributed by atoms with Crippen LogP contribution in [0.5, 0.6) is 0 Å². The minimum atomic E-state index is -2.86. The van der Waals surface area contributed by atoms with Crippen LogP contribution in [0.3, 0.4) is 0 Å². The summed E-state index contributed by atoms with van der Waals surface area (Å²) in [4.78, 5) is 24.2. The van der Waals surface area contributed by atoms with Gasteiger partial charge in [-0.25, -0.2) is 13.4 Å². The SMILES string of the molecule is O=C(CN1CCC(c2nc3ccccc3s2)CC1)N1CCN([C@H]2CCS(=O)(=O)C2)CC1. The monoisotopic (exact) mass is 462 g/mol. The van der Waals surface area contributed by atoms with Crippen molar-refractivity contribution in [2.24, 2.45) is 0 Å². The molecule has 1 aromatic carbocycles. The number of piperidine rings is 1. The average molecular weight is 463 g/mol. The lowest BCUT2D eigenvalue weighted by atomic mass is 9.97. The van der Waals surface area contributed by atoms with E-state index in [1.54, 1.807) is 11.3 Å². The van der Waals surface area contributed by atoms with E-state index in [-0.39, 0.29) is 17.7 Å². The second-order valence-electron chi connectivity index (χ2n) is 9.04. The van der Waals surface area contributed by atoms with Gasteiger partial charge >= 0.3 is 0 Å². The molecule has 3 aliphatic rings. The number of sulfone groups is 1. The molecule has 31 heavy (non-hydrogen) atoms. The minimum Gasteiger partial charge on any atom is -0.339 e. The van der Waals surface area contributed by atoms with Gasteiger partial charge in [0.05, 0.1) is 33.3 Å². The van der Waals surface area contributed by atoms with Crippen LogP contribution in [0, 0.1) is 0 Å². The van der Waals surface area contributed by atoms with Gasteiger partial charge in [0, 0.05) is 38.1 Å². The molecule has 4 heterocycles. The summed E-state index contributed by atoms with van der Waals surface area (Å²) in [5.74, 6) is 1.29. The molecule has 3 fully saturated rings. The third kappa shape index (κ3) is 4.79. The summed E-state index contributed by atoms with van der Waals surface area (Å²) in [6.45, 7) is 5.34. The molecule has 1 atom stereocenters. The molecule has 0 saturated carbocycles. The molecular formula is C22H30N4O3S2. The fourth-order valence-corrected chi connectivity index (χ4v) is 7.99. The topological polar surface area (TPSA) is 73.8 Å². The summed E-state index contributed by atoms with van der Waals surface area (Å²) < 4.78 is 24.7. The van der Waals surface area contributed by atoms with Gasteiger partial charge in [0.2, 0.25) is 5.91 Å². The van der Waals surface area contributed by atoms with Crippen LogP contribution in [0.15, 0.2) is 24.3 Å². The number of nitrogens with zero attached hydrogens (tertiary/aromatic N) is 4. The number of benzene rings is 1. The van der Waals surface area contributed by atoms with Crippen LogP contribution < -0.4 is 0 Å². The second-order valence-corrected chi connectivity index (χ2v) is 12.3. The molecule has 3 aliphatic heterocycles. The summed E-state index contributed by atoms with van der Waals surface area (Å²) in [7, 11) is -2.86. The van der Waals surface area contributed by atoms with Gasteiger partial charge in [-0.3, -0.25) is 14.6 Å². The van der Waals surface area contributed by atoms with Crippen LogP contribution in [0.1, 0.15) is 30.2 Å². The Bertz CT molecular complexity index is 1000. The molecule has 5 rings (SSSR count). The first-order valence-corrected chi connectivity index (χ1v) is 13.9. The number of likely N-dealkylation sites (tertiary alicyclic amines) is 1. The molecule has 0 N–H and O–H groups in total. The number of hydrogen-bond acceptors (Lipinski definition) is 7. The van der Waals surface area contributed by atoms with E-state index in [1.807, 2.05) is 11.0 Å². The molecule has 0 unspecified atom stereocenters. The van der Waals surface area contributed by atoms with Crippen LogP contribution in [0.2, 0.25) is 0 Å². The van der Waals surface area contributed by atoms with E-state index in [0.717, 1.165) is 51.0 Å². The van der Waals surface area contributed by atoms with Crippen molar-refractivity contribution in [3.63, 3.8) is 0 Å². The first kappa shape index (κ1) is 21.3. The maximum Gasteiger partial charge on any atom is 0.236 e. The van der Waals surface area contributed by atoms with Gasteiger partial charge in [0.1, 0.15) is 0 Å². The minimum absolute atomic E-state index is 0.142. The maximum atomic E-state index is 12.8. The second kappa shape index (κ2) is 8.77. The Labute approximate surface area is 187 Å². The molecule has 0 radical (unpaired) electrons. The van der Waals surface area contributed by atoms with E-state index < -0.39 is 9.84 Å². The summed E-state index contributed by atoms with van der Waals surface area (Å²) in [5, 5.41) is 1.23. The van der Waals surface area contributed by atoms with Gasteiger partial charge in [-0.1, -0.05) is 12.1 Å². The van der Waals surface area contributed by atoms with E-state index in [1.165, 1.54) is 9.71 Å². The zero-order chi connectivity index (χ0) is 21.4. The molecular weight excluding hydrogens is 432 g/mol. The van der Waals surface area contributed by atoms with Gasteiger partial charge in [-0.15, -0.1) is 11.3 Å². The number of fused-ring (bicyclic) bond motifs is 1. The largest absolute Gasteiger partial charge is 0.339 e. The number of aromatic nitrogens is 1. The fourth-order valence-electron chi connectivity index (χ4n) is 5.09. The number of piperazine rings is 1. The van der Waals surface area contributed by atoms with Crippen molar-refractivity contribution in [1.82, 2.24) is 19.7 Å². The number of para-hydroxylation sites is 1. The summed E-state index contributed by atoms with van der Waals surface area (Å²) in [6.07, 6.45) is 2.84. The number of thiazole rings is 1. The Hall–Kier alpha value is -1.55. The average Bonchev–Trinajstić information content (AvgIpc) is 3.37. The highest BCUT2D eigenvalue weighted by Crippen LogP contribution is 2.33. The van der Waals surface area contributed by atoms with Crippen molar-refractivity contribution in [3.05, 3.63) is 29.3 Å². The highest BCUT2D eigenvalue weighted by atomic mass is 32.2.